The summed E-state index contributed by atoms with van der Waals surface area (Å²) < 4.78 is 5.08. The average Bonchev–Trinajstić information content (AvgIpc) is 3.14. The zero-order valence-electron chi connectivity index (χ0n) is 20.9. The molecule has 2 heterocycles. The summed E-state index contributed by atoms with van der Waals surface area (Å²) in [5.74, 6) is -0.634. The first kappa shape index (κ1) is 25.6. The van der Waals surface area contributed by atoms with E-state index in [0.29, 0.717) is 50.3 Å². The van der Waals surface area contributed by atoms with Crippen molar-refractivity contribution in [3.8, 4) is 0 Å². The molecule has 0 bridgehead atoms. The lowest BCUT2D eigenvalue weighted by atomic mass is 9.75. The molecule has 8 nitrogen and oxygen atoms in total. The van der Waals surface area contributed by atoms with Crippen molar-refractivity contribution in [2.75, 3.05) is 51.3 Å². The zero-order valence-corrected chi connectivity index (χ0v) is 20.9. The van der Waals surface area contributed by atoms with E-state index in [1.807, 2.05) is 54.6 Å². The van der Waals surface area contributed by atoms with E-state index in [4.69, 9.17) is 4.74 Å². The maximum Gasteiger partial charge on any atom is 0.240 e. The summed E-state index contributed by atoms with van der Waals surface area (Å²) in [4.78, 5) is 56.8. The normalized spacial score (nSPS) is 20.2. The largest absolute Gasteiger partial charge is 0.385 e. The van der Waals surface area contributed by atoms with Gasteiger partial charge in [-0.2, -0.15) is 0 Å². The Hall–Kier alpha value is -3.52. The number of ether oxygens (including phenoxy) is 1. The van der Waals surface area contributed by atoms with Gasteiger partial charge in [0, 0.05) is 70.5 Å². The number of piperazine rings is 1. The van der Waals surface area contributed by atoms with Gasteiger partial charge >= 0.3 is 0 Å². The Labute approximate surface area is 211 Å². The second-order valence-corrected chi connectivity index (χ2v) is 9.47. The Kier molecular flexibility index (Phi) is 7.84. The topological polar surface area (TPSA) is 87.2 Å². The molecule has 0 saturated carbocycles. The van der Waals surface area contributed by atoms with Crippen LogP contribution in [0.25, 0.3) is 0 Å². The quantitative estimate of drug-likeness (QED) is 0.305. The van der Waals surface area contributed by atoms with Gasteiger partial charge in [0.2, 0.25) is 17.7 Å². The minimum Gasteiger partial charge on any atom is -0.385 e. The average molecular weight is 492 g/mol. The first-order valence-corrected chi connectivity index (χ1v) is 12.4. The molecule has 2 aliphatic heterocycles. The van der Waals surface area contributed by atoms with Gasteiger partial charge in [-0.1, -0.05) is 30.3 Å². The molecule has 0 spiro atoms. The van der Waals surface area contributed by atoms with Gasteiger partial charge in [0.05, 0.1) is 5.41 Å². The van der Waals surface area contributed by atoms with Crippen LogP contribution in [0.1, 0.15) is 42.1 Å². The van der Waals surface area contributed by atoms with E-state index < -0.39 is 5.41 Å². The van der Waals surface area contributed by atoms with Crippen molar-refractivity contribution in [2.24, 2.45) is 0 Å². The fourth-order valence-electron chi connectivity index (χ4n) is 5.11. The van der Waals surface area contributed by atoms with Gasteiger partial charge < -0.3 is 14.5 Å². The SMILES string of the molecule is COCCCN1C(=O)C[C@@](CC(=O)N2CCN(c3ccc(C(C)=O)cc3)CC2)(c2ccccc2)C1=O. The number of Topliss-reactive ketones (excluding diaryl/α,β-unsaturated/α-hetero) is 1. The Morgan fingerprint density at radius 3 is 2.22 bits per heavy atom. The highest BCUT2D eigenvalue weighted by Crippen LogP contribution is 2.40. The molecule has 3 amide bonds. The van der Waals surface area contributed by atoms with Gasteiger partial charge in [0.25, 0.3) is 0 Å². The van der Waals surface area contributed by atoms with Crippen LogP contribution >= 0.6 is 0 Å². The molecule has 2 fully saturated rings. The van der Waals surface area contributed by atoms with Gasteiger partial charge in [-0.05, 0) is 43.2 Å². The highest BCUT2D eigenvalue weighted by molar-refractivity contribution is 6.10. The lowest BCUT2D eigenvalue weighted by molar-refractivity contribution is -0.143. The van der Waals surface area contributed by atoms with Gasteiger partial charge in [-0.25, -0.2) is 0 Å². The van der Waals surface area contributed by atoms with Crippen LogP contribution in [0.3, 0.4) is 0 Å². The molecule has 2 aromatic carbocycles. The van der Waals surface area contributed by atoms with E-state index in [9.17, 15) is 19.2 Å². The van der Waals surface area contributed by atoms with E-state index in [2.05, 4.69) is 4.90 Å². The first-order valence-electron chi connectivity index (χ1n) is 12.4. The van der Waals surface area contributed by atoms with Gasteiger partial charge in [0.1, 0.15) is 0 Å². The molecule has 4 rings (SSSR count). The third-order valence-electron chi connectivity index (χ3n) is 7.19. The number of carbonyl (C=O) groups is 4. The summed E-state index contributed by atoms with van der Waals surface area (Å²) in [5.41, 5.74) is 1.21. The van der Waals surface area contributed by atoms with E-state index in [0.717, 1.165) is 5.69 Å². The smallest absolute Gasteiger partial charge is 0.240 e. The molecule has 0 unspecified atom stereocenters. The van der Waals surface area contributed by atoms with Crippen LogP contribution < -0.4 is 4.90 Å². The summed E-state index contributed by atoms with van der Waals surface area (Å²) >= 11 is 0. The number of hydrogen-bond donors (Lipinski definition) is 0. The number of likely N-dealkylation sites (tertiary alicyclic amines) is 1. The zero-order chi connectivity index (χ0) is 25.7. The maximum atomic E-state index is 13.6. The minimum atomic E-state index is -1.18. The molecule has 190 valence electrons. The molecule has 2 aromatic rings. The van der Waals surface area contributed by atoms with E-state index in [-0.39, 0.29) is 42.9 Å². The molecule has 0 radical (unpaired) electrons. The number of carbonyl (C=O) groups excluding carboxylic acids is 4. The Morgan fingerprint density at radius 1 is 0.944 bits per heavy atom. The second kappa shape index (κ2) is 11.0. The fraction of sp³-hybridized carbons (Fsp3) is 0.429. The molecule has 2 aliphatic rings. The number of benzene rings is 2. The monoisotopic (exact) mass is 491 g/mol. The number of imide groups is 1. The van der Waals surface area contributed by atoms with E-state index in [1.54, 1.807) is 18.9 Å². The van der Waals surface area contributed by atoms with Crippen LogP contribution in [0.15, 0.2) is 54.6 Å². The first-order chi connectivity index (χ1) is 17.4. The molecular formula is C28H33N3O5. The molecule has 8 heteroatoms. The van der Waals surface area contributed by atoms with Crippen molar-refractivity contribution in [3.63, 3.8) is 0 Å². The van der Waals surface area contributed by atoms with Crippen LogP contribution in [-0.2, 0) is 24.5 Å². The summed E-state index contributed by atoms with van der Waals surface area (Å²) in [5, 5.41) is 0. The molecule has 1 atom stereocenters. The molecule has 2 saturated heterocycles. The van der Waals surface area contributed by atoms with Crippen LogP contribution in [0, 0.1) is 0 Å². The molecule has 0 N–H and O–H groups in total. The van der Waals surface area contributed by atoms with E-state index in [1.165, 1.54) is 4.90 Å². The highest BCUT2D eigenvalue weighted by Gasteiger charge is 2.53. The van der Waals surface area contributed by atoms with Crippen molar-refractivity contribution in [1.29, 1.82) is 0 Å². The summed E-state index contributed by atoms with van der Waals surface area (Å²) in [6.07, 6.45) is 0.523. The molecular weight excluding hydrogens is 458 g/mol. The Morgan fingerprint density at radius 2 is 1.61 bits per heavy atom. The molecule has 0 aromatic heterocycles. The van der Waals surface area contributed by atoms with Crippen molar-refractivity contribution < 1.29 is 23.9 Å². The summed E-state index contributed by atoms with van der Waals surface area (Å²) in [6, 6.07) is 16.7. The Balaban J connectivity index is 1.46. The number of nitrogens with zero attached hydrogens (tertiary/aromatic N) is 3. The number of amides is 3. The van der Waals surface area contributed by atoms with Gasteiger partial charge in [-0.15, -0.1) is 0 Å². The van der Waals surface area contributed by atoms with Crippen LogP contribution in [0.2, 0.25) is 0 Å². The Bertz CT molecular complexity index is 1110. The number of anilines is 1. The van der Waals surface area contributed by atoms with Crippen molar-refractivity contribution >= 4 is 29.2 Å². The van der Waals surface area contributed by atoms with Crippen molar-refractivity contribution in [3.05, 3.63) is 65.7 Å². The number of hydrogen-bond acceptors (Lipinski definition) is 6. The van der Waals surface area contributed by atoms with Gasteiger partial charge in [0.15, 0.2) is 5.78 Å². The predicted molar refractivity (Wildman–Crippen MR) is 136 cm³/mol. The van der Waals surface area contributed by atoms with Crippen molar-refractivity contribution in [1.82, 2.24) is 9.80 Å². The van der Waals surface area contributed by atoms with E-state index >= 15 is 0 Å². The standard InChI is InChI=1S/C28H33N3O5/c1-21(32)22-9-11-24(12-10-22)29-14-16-30(17-15-29)25(33)19-28(23-7-4-3-5-8-23)20-26(34)31(27(28)35)13-6-18-36-2/h3-5,7-12H,6,13-20H2,1-2H3/t28-/m0/s1. The third-order valence-corrected chi connectivity index (χ3v) is 7.19. The fourth-order valence-corrected chi connectivity index (χ4v) is 5.11. The number of methoxy groups -OCH3 is 1. The minimum absolute atomic E-state index is 0.00295. The summed E-state index contributed by atoms with van der Waals surface area (Å²) in [6.45, 7) is 4.64. The number of ketones is 1. The maximum absolute atomic E-state index is 13.6. The lowest BCUT2D eigenvalue weighted by Crippen LogP contribution is -2.51. The molecule has 36 heavy (non-hydrogen) atoms. The van der Waals surface area contributed by atoms with Crippen LogP contribution in [0.5, 0.6) is 0 Å². The highest BCUT2D eigenvalue weighted by atomic mass is 16.5. The van der Waals surface area contributed by atoms with Crippen LogP contribution in [-0.4, -0.2) is 79.7 Å². The predicted octanol–water partition coefficient (Wildman–Crippen LogP) is 2.66. The second-order valence-electron chi connectivity index (χ2n) is 9.47. The van der Waals surface area contributed by atoms with Crippen LogP contribution in [0.4, 0.5) is 5.69 Å². The summed E-state index contributed by atoms with van der Waals surface area (Å²) in [7, 11) is 1.58. The van der Waals surface area contributed by atoms with Gasteiger partial charge in [-0.3, -0.25) is 24.1 Å². The van der Waals surface area contributed by atoms with Crippen molar-refractivity contribution in [2.45, 2.75) is 31.6 Å². The molecule has 0 aliphatic carbocycles. The lowest BCUT2D eigenvalue weighted by Gasteiger charge is -2.37. The number of rotatable bonds is 9. The third kappa shape index (κ3) is 5.18.